The van der Waals surface area contributed by atoms with Crippen LogP contribution in [0.1, 0.15) is 85.0 Å². The molecule has 0 aliphatic heterocycles. The van der Waals surface area contributed by atoms with Crippen molar-refractivity contribution in [1.29, 1.82) is 0 Å². The van der Waals surface area contributed by atoms with E-state index in [9.17, 15) is 14.4 Å². The van der Waals surface area contributed by atoms with Crippen LogP contribution in [0.15, 0.2) is 36.5 Å². The molecule has 0 aliphatic carbocycles. The summed E-state index contributed by atoms with van der Waals surface area (Å²) in [6.45, 7) is 12.5. The van der Waals surface area contributed by atoms with Gasteiger partial charge in [0.2, 0.25) is 5.91 Å². The SMILES string of the molecule is C=C(CCCCCCCC)C(=O)O.C=CC(N)=O.CCCCC=C(C)C(=O)O. The molecular weight excluding hydrogens is 358 g/mol. The van der Waals surface area contributed by atoms with Crippen LogP contribution in [0.3, 0.4) is 0 Å². The zero-order chi connectivity index (χ0) is 22.4. The van der Waals surface area contributed by atoms with Gasteiger partial charge in [-0.25, -0.2) is 9.59 Å². The summed E-state index contributed by atoms with van der Waals surface area (Å²) in [6, 6.07) is 0. The molecule has 4 N–H and O–H groups in total. The molecule has 0 aliphatic rings. The van der Waals surface area contributed by atoms with Crippen LogP contribution in [0.4, 0.5) is 0 Å². The Bertz CT molecular complexity index is 495. The highest BCUT2D eigenvalue weighted by Crippen LogP contribution is 2.10. The number of primary amides is 1. The van der Waals surface area contributed by atoms with Crippen molar-refractivity contribution in [3.8, 4) is 0 Å². The van der Waals surface area contributed by atoms with E-state index < -0.39 is 17.8 Å². The lowest BCUT2D eigenvalue weighted by Gasteiger charge is -2.00. The second-order valence-electron chi connectivity index (χ2n) is 6.37. The summed E-state index contributed by atoms with van der Waals surface area (Å²) < 4.78 is 0. The van der Waals surface area contributed by atoms with E-state index in [0.29, 0.717) is 17.6 Å². The first-order valence-electron chi connectivity index (χ1n) is 9.86. The number of carbonyl (C=O) groups excluding carboxylic acids is 1. The molecule has 0 saturated carbocycles. The number of allylic oxidation sites excluding steroid dienone is 1. The van der Waals surface area contributed by atoms with Crippen molar-refractivity contribution in [2.24, 2.45) is 5.73 Å². The molecule has 0 aromatic rings. The molecule has 0 rings (SSSR count). The molecule has 6 nitrogen and oxygen atoms in total. The number of aliphatic carboxylic acids is 2. The summed E-state index contributed by atoms with van der Waals surface area (Å²) in [6.07, 6.45) is 13.7. The third-order valence-corrected chi connectivity index (χ3v) is 3.68. The number of carbonyl (C=O) groups is 3. The maximum atomic E-state index is 10.4. The van der Waals surface area contributed by atoms with Gasteiger partial charge in [-0.1, -0.05) is 78.0 Å². The Kier molecular flexibility index (Phi) is 24.6. The number of hydrogen-bond acceptors (Lipinski definition) is 3. The fraction of sp³-hybridized carbons (Fsp3) is 0.591. The Balaban J connectivity index is -0.000000368. The first-order chi connectivity index (χ1) is 13.1. The fourth-order valence-corrected chi connectivity index (χ4v) is 1.84. The van der Waals surface area contributed by atoms with Crippen molar-refractivity contribution in [2.75, 3.05) is 0 Å². The van der Waals surface area contributed by atoms with Crippen LogP contribution in [0, 0.1) is 0 Å². The van der Waals surface area contributed by atoms with E-state index in [1.165, 1.54) is 25.7 Å². The first-order valence-corrected chi connectivity index (χ1v) is 9.86. The fourth-order valence-electron chi connectivity index (χ4n) is 1.84. The molecule has 0 fully saturated rings. The smallest absolute Gasteiger partial charge is 0.330 e. The van der Waals surface area contributed by atoms with Crippen LogP contribution in [0.25, 0.3) is 0 Å². The summed E-state index contributed by atoms with van der Waals surface area (Å²) in [5.41, 5.74) is 5.33. The standard InChI is InChI=1S/C11H20O2.C8H14O2.C3H5NO/c1-3-4-5-6-7-8-9-10(2)11(12)13;1-3-4-5-6-7(2)8(9)10;1-2-3(4)5/h2-9H2,1H3,(H,12,13);6H,3-5H2,1-2H3,(H,9,10);2H,1H2,(H2,4,5). The van der Waals surface area contributed by atoms with Crippen LogP contribution >= 0.6 is 0 Å². The molecule has 28 heavy (non-hydrogen) atoms. The Labute approximate surface area is 170 Å². The van der Waals surface area contributed by atoms with Gasteiger partial charge in [0, 0.05) is 11.1 Å². The summed E-state index contributed by atoms with van der Waals surface area (Å²) in [7, 11) is 0. The third kappa shape index (κ3) is 28.4. The van der Waals surface area contributed by atoms with Crippen LogP contribution in [0.5, 0.6) is 0 Å². The molecular formula is C22H39NO5. The lowest BCUT2D eigenvalue weighted by molar-refractivity contribution is -0.133. The van der Waals surface area contributed by atoms with Gasteiger partial charge in [0.15, 0.2) is 0 Å². The van der Waals surface area contributed by atoms with Crippen LogP contribution in [-0.4, -0.2) is 28.1 Å². The average molecular weight is 398 g/mol. The Morgan fingerprint density at radius 2 is 1.36 bits per heavy atom. The van der Waals surface area contributed by atoms with Gasteiger partial charge in [-0.2, -0.15) is 0 Å². The van der Waals surface area contributed by atoms with E-state index >= 15 is 0 Å². The zero-order valence-electron chi connectivity index (χ0n) is 17.8. The van der Waals surface area contributed by atoms with Gasteiger partial charge in [-0.05, 0) is 32.3 Å². The topological polar surface area (TPSA) is 118 Å². The predicted octanol–water partition coefficient (Wildman–Crippen LogP) is 5.24. The van der Waals surface area contributed by atoms with E-state index in [2.05, 4.69) is 32.7 Å². The summed E-state index contributed by atoms with van der Waals surface area (Å²) >= 11 is 0. The number of amides is 1. The monoisotopic (exact) mass is 397 g/mol. The number of unbranched alkanes of at least 4 members (excludes halogenated alkanes) is 7. The van der Waals surface area contributed by atoms with E-state index in [-0.39, 0.29) is 0 Å². The van der Waals surface area contributed by atoms with Crippen LogP contribution < -0.4 is 5.73 Å². The highest BCUT2D eigenvalue weighted by Gasteiger charge is 2.02. The van der Waals surface area contributed by atoms with Crippen molar-refractivity contribution >= 4 is 17.8 Å². The molecule has 6 heteroatoms. The Morgan fingerprint density at radius 1 is 0.893 bits per heavy atom. The zero-order valence-corrected chi connectivity index (χ0v) is 17.8. The summed E-state index contributed by atoms with van der Waals surface area (Å²) in [5, 5.41) is 16.9. The minimum Gasteiger partial charge on any atom is -0.478 e. The third-order valence-electron chi connectivity index (χ3n) is 3.68. The molecule has 1 amide bonds. The van der Waals surface area contributed by atoms with Crippen molar-refractivity contribution < 1.29 is 24.6 Å². The van der Waals surface area contributed by atoms with Crippen molar-refractivity contribution in [3.63, 3.8) is 0 Å². The van der Waals surface area contributed by atoms with E-state index in [4.69, 9.17) is 10.2 Å². The highest BCUT2D eigenvalue weighted by molar-refractivity contribution is 5.86. The van der Waals surface area contributed by atoms with Gasteiger partial charge < -0.3 is 15.9 Å². The molecule has 0 aromatic carbocycles. The molecule has 0 aromatic heterocycles. The second-order valence-corrected chi connectivity index (χ2v) is 6.37. The second kappa shape index (κ2) is 22.7. The number of rotatable bonds is 13. The quantitative estimate of drug-likeness (QED) is 0.290. The van der Waals surface area contributed by atoms with E-state index in [0.717, 1.165) is 38.2 Å². The predicted molar refractivity (Wildman–Crippen MR) is 115 cm³/mol. The maximum absolute atomic E-state index is 10.4. The number of carboxylic acid groups (broad SMARTS) is 2. The Morgan fingerprint density at radius 3 is 1.75 bits per heavy atom. The van der Waals surface area contributed by atoms with Gasteiger partial charge in [0.1, 0.15) is 0 Å². The number of nitrogens with two attached hydrogens (primary N) is 1. The minimum atomic E-state index is -0.853. The molecule has 0 bridgehead atoms. The van der Waals surface area contributed by atoms with Gasteiger partial charge in [0.25, 0.3) is 0 Å². The minimum absolute atomic E-state index is 0.343. The average Bonchev–Trinajstić information content (AvgIpc) is 2.65. The van der Waals surface area contributed by atoms with E-state index in [1.54, 1.807) is 13.0 Å². The molecule has 0 atom stereocenters. The summed E-state index contributed by atoms with van der Waals surface area (Å²) in [5.74, 6) is -2.14. The molecule has 0 unspecified atom stereocenters. The Hall–Kier alpha value is -2.37. The van der Waals surface area contributed by atoms with Gasteiger partial charge >= 0.3 is 11.9 Å². The maximum Gasteiger partial charge on any atom is 0.330 e. The van der Waals surface area contributed by atoms with E-state index in [1.807, 2.05) is 0 Å². The summed E-state index contributed by atoms with van der Waals surface area (Å²) in [4.78, 5) is 30.1. The van der Waals surface area contributed by atoms with Crippen molar-refractivity contribution in [1.82, 2.24) is 0 Å². The van der Waals surface area contributed by atoms with Crippen molar-refractivity contribution in [2.45, 2.75) is 85.0 Å². The highest BCUT2D eigenvalue weighted by atomic mass is 16.4. The van der Waals surface area contributed by atoms with Crippen molar-refractivity contribution in [3.05, 3.63) is 36.5 Å². The van der Waals surface area contributed by atoms with Crippen LogP contribution in [0.2, 0.25) is 0 Å². The lowest BCUT2D eigenvalue weighted by Crippen LogP contribution is -2.04. The lowest BCUT2D eigenvalue weighted by atomic mass is 10.1. The molecule has 0 radical (unpaired) electrons. The largest absolute Gasteiger partial charge is 0.478 e. The molecule has 0 heterocycles. The number of hydrogen-bond donors (Lipinski definition) is 3. The molecule has 0 saturated heterocycles. The first kappa shape index (κ1) is 30.4. The van der Waals surface area contributed by atoms with Crippen LogP contribution in [-0.2, 0) is 14.4 Å². The normalized spacial score (nSPS) is 9.89. The van der Waals surface area contributed by atoms with Gasteiger partial charge in [0.05, 0.1) is 0 Å². The van der Waals surface area contributed by atoms with Gasteiger partial charge in [-0.15, -0.1) is 0 Å². The number of carboxylic acids is 2. The van der Waals surface area contributed by atoms with Gasteiger partial charge in [-0.3, -0.25) is 4.79 Å². The molecule has 0 spiro atoms. The molecule has 162 valence electrons.